The monoisotopic (exact) mass is 343 g/mol. The topological polar surface area (TPSA) is 57.5 Å². The van der Waals surface area contributed by atoms with Gasteiger partial charge in [0.05, 0.1) is 16.2 Å². The van der Waals surface area contributed by atoms with Crippen molar-refractivity contribution in [2.75, 3.05) is 5.32 Å². The van der Waals surface area contributed by atoms with Gasteiger partial charge in [-0.25, -0.2) is 0 Å². The summed E-state index contributed by atoms with van der Waals surface area (Å²) in [6, 6.07) is 0. The maximum absolute atomic E-state index is 10.7. The molecule has 0 amide bonds. The zero-order valence-electron chi connectivity index (χ0n) is 12.6. The number of halogens is 6. The average molecular weight is 343 g/mol. The Kier molecular flexibility index (Phi) is 4.44. The van der Waals surface area contributed by atoms with E-state index < -0.39 is 7.81 Å². The maximum atomic E-state index is 9.87. The fraction of sp³-hybridized carbons (Fsp3) is 0.889. The molecule has 1 aromatic heterocycles. The van der Waals surface area contributed by atoms with Crippen molar-refractivity contribution in [3.63, 3.8) is 0 Å². The van der Waals surface area contributed by atoms with E-state index in [2.05, 4.69) is 62.4 Å². The third-order valence-electron chi connectivity index (χ3n) is 1.66. The molecule has 0 unspecified atom stereocenters. The summed E-state index contributed by atoms with van der Waals surface area (Å²) in [4.78, 5) is 0. The first kappa shape index (κ1) is 19.9. The normalized spacial score (nSPS) is 16.4. The predicted octanol–water partition coefficient (Wildman–Crippen LogP) is 4.44. The van der Waals surface area contributed by atoms with Crippen LogP contribution in [0, 0.1) is 0 Å². The number of nitrogens with one attached hydrogen (secondary N) is 2. The van der Waals surface area contributed by atoms with Crippen molar-refractivity contribution in [2.45, 2.75) is 52.6 Å². The van der Waals surface area contributed by atoms with Crippen molar-refractivity contribution < 1.29 is 29.9 Å². The summed E-state index contributed by atoms with van der Waals surface area (Å²) in [5, 5.41) is 14.0. The van der Waals surface area contributed by atoms with Crippen molar-refractivity contribution in [3.05, 3.63) is 0 Å². The van der Waals surface area contributed by atoms with Gasteiger partial charge in [0.2, 0.25) is 0 Å². The number of aromatic amines is 1. The Hall–Kier alpha value is -1.12. The van der Waals surface area contributed by atoms with Crippen LogP contribution in [0.1, 0.15) is 41.5 Å². The summed E-state index contributed by atoms with van der Waals surface area (Å²) < 4.78 is 61.1. The molecule has 0 aliphatic rings. The number of hydrogen-bond donors (Lipinski definition) is 2. The van der Waals surface area contributed by atoms with Crippen molar-refractivity contribution in [1.29, 1.82) is 0 Å². The van der Waals surface area contributed by atoms with Gasteiger partial charge in [0, 0.05) is 0 Å². The molecule has 12 heteroatoms. The Morgan fingerprint density at radius 2 is 1.33 bits per heavy atom. The van der Waals surface area contributed by atoms with Crippen molar-refractivity contribution in [3.8, 4) is 0 Å². The summed E-state index contributed by atoms with van der Waals surface area (Å²) in [5.74, 6) is 0.769. The van der Waals surface area contributed by atoms with E-state index in [0.717, 1.165) is 5.95 Å². The Morgan fingerprint density at radius 3 is 1.62 bits per heavy atom. The van der Waals surface area contributed by atoms with Crippen LogP contribution in [0.25, 0.3) is 0 Å². The molecule has 0 fully saturated rings. The van der Waals surface area contributed by atoms with Gasteiger partial charge in [0.1, 0.15) is 5.21 Å². The summed E-state index contributed by atoms with van der Waals surface area (Å²) >= 11 is 0. The SMILES string of the molecule is CC(C)(C)Nc1nn[nH][n+]1C(C)(C)C.F[P-](F)(F)(F)(F)F. The van der Waals surface area contributed by atoms with E-state index in [1.165, 1.54) is 0 Å². The average Bonchev–Trinajstić information content (AvgIpc) is 2.40. The first-order valence-electron chi connectivity index (χ1n) is 5.83. The molecule has 128 valence electrons. The summed E-state index contributed by atoms with van der Waals surface area (Å²) in [6.45, 7) is 12.6. The van der Waals surface area contributed by atoms with Crippen LogP contribution in [-0.2, 0) is 5.54 Å². The van der Waals surface area contributed by atoms with Crippen LogP contribution >= 0.6 is 7.81 Å². The van der Waals surface area contributed by atoms with Crippen LogP contribution in [-0.4, -0.2) is 21.1 Å². The third-order valence-corrected chi connectivity index (χ3v) is 1.66. The molecule has 0 aliphatic carbocycles. The number of anilines is 1. The number of aromatic nitrogens is 4. The molecular weight excluding hydrogens is 323 g/mol. The quantitative estimate of drug-likeness (QED) is 0.450. The van der Waals surface area contributed by atoms with Gasteiger partial charge in [0.25, 0.3) is 0 Å². The zero-order chi connectivity index (χ0) is 17.4. The van der Waals surface area contributed by atoms with Crippen LogP contribution in [0.4, 0.5) is 31.1 Å². The van der Waals surface area contributed by atoms with Crippen LogP contribution < -0.4 is 10.00 Å². The fourth-order valence-corrected chi connectivity index (χ4v) is 1.09. The van der Waals surface area contributed by atoms with E-state index in [1.54, 1.807) is 0 Å². The van der Waals surface area contributed by atoms with Crippen LogP contribution in [0.15, 0.2) is 0 Å². The Balaban J connectivity index is 0.000000486. The number of H-pyrrole nitrogens is 1. The van der Waals surface area contributed by atoms with Gasteiger partial charge < -0.3 is 0 Å². The minimum atomic E-state index is -10.7. The molecule has 0 aromatic carbocycles. The van der Waals surface area contributed by atoms with Crippen LogP contribution in [0.3, 0.4) is 0 Å². The zero-order valence-corrected chi connectivity index (χ0v) is 13.5. The first-order chi connectivity index (χ1) is 8.65. The van der Waals surface area contributed by atoms with E-state index >= 15 is 0 Å². The molecule has 21 heavy (non-hydrogen) atoms. The fourth-order valence-electron chi connectivity index (χ4n) is 1.09. The molecule has 0 atom stereocenters. The van der Waals surface area contributed by atoms with Crippen molar-refractivity contribution in [1.82, 2.24) is 15.5 Å². The second-order valence-electron chi connectivity index (χ2n) is 6.46. The van der Waals surface area contributed by atoms with Gasteiger partial charge in [-0.15, -0.1) is 5.21 Å². The number of tetrazole rings is 1. The van der Waals surface area contributed by atoms with E-state index in [9.17, 15) is 25.2 Å². The molecule has 0 saturated heterocycles. The molecule has 1 aromatic rings. The molecule has 5 nitrogen and oxygen atoms in total. The third kappa shape index (κ3) is 13.6. The number of hydrogen-bond acceptors (Lipinski definition) is 3. The van der Waals surface area contributed by atoms with E-state index in [4.69, 9.17) is 0 Å². The van der Waals surface area contributed by atoms with Gasteiger partial charge >= 0.3 is 38.9 Å². The van der Waals surface area contributed by atoms with Crippen LogP contribution in [0.5, 0.6) is 0 Å². The Morgan fingerprint density at radius 1 is 0.952 bits per heavy atom. The van der Waals surface area contributed by atoms with Gasteiger partial charge in [-0.05, 0) is 41.5 Å². The molecule has 0 aliphatic heterocycles. The standard InChI is InChI=1S/C9H19N5.F6P/c1-8(2,3)10-7-11-12-13-14(7)9(4,5)6;1-7(2,3,4,5)6/h1-6H3,(H,10,11,13);/q;-1/p+1. The predicted molar refractivity (Wildman–Crippen MR) is 68.5 cm³/mol. The molecule has 0 saturated carbocycles. The summed E-state index contributed by atoms with van der Waals surface area (Å²) in [6.07, 6.45) is 0. The summed E-state index contributed by atoms with van der Waals surface area (Å²) in [5.41, 5.74) is -0.0546. The van der Waals surface area contributed by atoms with E-state index in [1.807, 2.05) is 4.68 Å². The van der Waals surface area contributed by atoms with Gasteiger partial charge in [-0.2, -0.15) is 4.68 Å². The first-order valence-corrected chi connectivity index (χ1v) is 7.86. The van der Waals surface area contributed by atoms with Gasteiger partial charge in [-0.1, -0.05) is 0 Å². The molecule has 1 heterocycles. The van der Waals surface area contributed by atoms with Gasteiger partial charge in [-0.3, -0.25) is 5.32 Å². The van der Waals surface area contributed by atoms with Crippen LogP contribution in [0.2, 0.25) is 0 Å². The molecule has 0 radical (unpaired) electrons. The van der Waals surface area contributed by atoms with Crippen molar-refractivity contribution >= 4 is 13.8 Å². The number of nitrogens with zero attached hydrogens (tertiary/aromatic N) is 3. The molecule has 1 rings (SSSR count). The van der Waals surface area contributed by atoms with E-state index in [-0.39, 0.29) is 11.1 Å². The summed E-state index contributed by atoms with van der Waals surface area (Å²) in [7, 11) is -10.7. The second kappa shape index (κ2) is 4.69. The molecule has 0 spiro atoms. The molecule has 2 N–H and O–H groups in total. The Bertz CT molecular complexity index is 469. The number of rotatable bonds is 1. The van der Waals surface area contributed by atoms with Crippen molar-refractivity contribution in [2.24, 2.45) is 0 Å². The van der Waals surface area contributed by atoms with Gasteiger partial charge in [0.15, 0.2) is 0 Å². The minimum absolute atomic E-state index is 0.0100. The molecule has 0 bridgehead atoms. The Labute approximate surface area is 118 Å². The second-order valence-corrected chi connectivity index (χ2v) is 8.38. The van der Waals surface area contributed by atoms with E-state index in [0.29, 0.717) is 0 Å². The molecular formula is C9H20F6N5P.